The van der Waals surface area contributed by atoms with Crippen LogP contribution in [0.2, 0.25) is 0 Å². The number of aromatic nitrogens is 1. The minimum Gasteiger partial charge on any atom is -0.378 e. The second kappa shape index (κ2) is 8.13. The van der Waals surface area contributed by atoms with E-state index in [1.165, 1.54) is 4.70 Å². The van der Waals surface area contributed by atoms with Crippen LogP contribution in [0.5, 0.6) is 0 Å². The van der Waals surface area contributed by atoms with E-state index < -0.39 is 0 Å². The monoisotopic (exact) mass is 407 g/mol. The van der Waals surface area contributed by atoms with Crippen LogP contribution in [0.15, 0.2) is 48.5 Å². The topological polar surface area (TPSA) is 45.7 Å². The number of thiazole rings is 1. The maximum Gasteiger partial charge on any atom is 0.255 e. The zero-order valence-electron chi connectivity index (χ0n) is 16.4. The number of carbonyl (C=O) groups is 1. The van der Waals surface area contributed by atoms with Gasteiger partial charge in [-0.1, -0.05) is 24.3 Å². The van der Waals surface area contributed by atoms with E-state index in [2.05, 4.69) is 29.2 Å². The number of carbonyl (C=O) groups excluding carboxylic acids is 1. The van der Waals surface area contributed by atoms with Gasteiger partial charge in [0.15, 0.2) is 0 Å². The fraction of sp³-hybridized carbons (Fsp3) is 0.391. The molecule has 3 aromatic rings. The highest BCUT2D eigenvalue weighted by atomic mass is 32.1. The molecule has 2 aliphatic heterocycles. The van der Waals surface area contributed by atoms with Crippen LogP contribution in [-0.4, -0.2) is 55.2 Å². The van der Waals surface area contributed by atoms with Gasteiger partial charge >= 0.3 is 0 Å². The highest BCUT2D eigenvalue weighted by Crippen LogP contribution is 2.34. The Bertz CT molecular complexity index is 979. The molecule has 1 atom stereocenters. The van der Waals surface area contributed by atoms with Crippen LogP contribution in [0.25, 0.3) is 10.2 Å². The maximum atomic E-state index is 13.5. The van der Waals surface area contributed by atoms with Crippen LogP contribution < -0.4 is 4.90 Å². The van der Waals surface area contributed by atoms with E-state index in [1.54, 1.807) is 11.3 Å². The molecule has 0 saturated carbocycles. The lowest BCUT2D eigenvalue weighted by molar-refractivity contribution is 0.0706. The fourth-order valence-corrected chi connectivity index (χ4v) is 5.43. The molecule has 0 spiro atoms. The summed E-state index contributed by atoms with van der Waals surface area (Å²) >= 11 is 1.77. The summed E-state index contributed by atoms with van der Waals surface area (Å²) in [6.07, 6.45) is 2.11. The van der Waals surface area contributed by atoms with Gasteiger partial charge in [-0.3, -0.25) is 4.79 Å². The average Bonchev–Trinajstić information content (AvgIpc) is 3.24. The lowest BCUT2D eigenvalue weighted by atomic mass is 9.97. The Labute approximate surface area is 174 Å². The van der Waals surface area contributed by atoms with Crippen molar-refractivity contribution in [3.8, 4) is 0 Å². The summed E-state index contributed by atoms with van der Waals surface area (Å²) in [5.74, 6) is 0.457. The van der Waals surface area contributed by atoms with Gasteiger partial charge in [-0.25, -0.2) is 4.98 Å². The van der Waals surface area contributed by atoms with Crippen molar-refractivity contribution in [3.63, 3.8) is 0 Å². The molecule has 2 aliphatic rings. The number of likely N-dealkylation sites (tertiary alicyclic amines) is 1. The Morgan fingerprint density at radius 1 is 1.03 bits per heavy atom. The molecule has 5 rings (SSSR count). The first-order valence-electron chi connectivity index (χ1n) is 10.4. The molecule has 0 radical (unpaired) electrons. The summed E-state index contributed by atoms with van der Waals surface area (Å²) in [7, 11) is 0. The van der Waals surface area contributed by atoms with Gasteiger partial charge in [-0.2, -0.15) is 0 Å². The number of hydrogen-bond acceptors (Lipinski definition) is 5. The summed E-state index contributed by atoms with van der Waals surface area (Å²) < 4.78 is 6.71. The molecule has 150 valence electrons. The number of anilines is 1. The van der Waals surface area contributed by atoms with Gasteiger partial charge in [0.2, 0.25) is 0 Å². The van der Waals surface area contributed by atoms with Crippen LogP contribution in [0, 0.1) is 0 Å². The minimum atomic E-state index is 0.137. The third-order valence-electron chi connectivity index (χ3n) is 5.85. The number of hydrogen-bond donors (Lipinski definition) is 0. The Hall–Kier alpha value is -2.44. The van der Waals surface area contributed by atoms with Crippen LogP contribution in [0.3, 0.4) is 0 Å². The van der Waals surface area contributed by atoms with E-state index in [1.807, 2.05) is 29.2 Å². The Balaban J connectivity index is 1.37. The van der Waals surface area contributed by atoms with Crippen molar-refractivity contribution in [3.05, 3.63) is 59.1 Å². The van der Waals surface area contributed by atoms with Crippen molar-refractivity contribution in [2.75, 3.05) is 44.3 Å². The molecule has 1 amide bonds. The number of morpholine rings is 1. The van der Waals surface area contributed by atoms with Gasteiger partial charge in [0, 0.05) is 37.8 Å². The third-order valence-corrected chi connectivity index (χ3v) is 7.05. The van der Waals surface area contributed by atoms with Crippen LogP contribution in [0.4, 0.5) is 5.69 Å². The lowest BCUT2D eigenvalue weighted by Gasteiger charge is -2.34. The minimum absolute atomic E-state index is 0.137. The molecule has 2 aromatic carbocycles. The van der Waals surface area contributed by atoms with Gasteiger partial charge < -0.3 is 14.5 Å². The van der Waals surface area contributed by atoms with Gasteiger partial charge in [-0.05, 0) is 37.1 Å². The Morgan fingerprint density at radius 2 is 1.83 bits per heavy atom. The number of nitrogens with zero attached hydrogens (tertiary/aromatic N) is 3. The average molecular weight is 408 g/mol. The van der Waals surface area contributed by atoms with Crippen molar-refractivity contribution in [1.82, 2.24) is 9.88 Å². The highest BCUT2D eigenvalue weighted by molar-refractivity contribution is 7.18. The maximum absolute atomic E-state index is 13.5. The summed E-state index contributed by atoms with van der Waals surface area (Å²) in [6.45, 7) is 4.66. The smallest absolute Gasteiger partial charge is 0.255 e. The summed E-state index contributed by atoms with van der Waals surface area (Å²) in [5, 5.41) is 1.16. The van der Waals surface area contributed by atoms with Crippen molar-refractivity contribution < 1.29 is 9.53 Å². The molecule has 29 heavy (non-hydrogen) atoms. The first-order valence-corrected chi connectivity index (χ1v) is 11.2. The van der Waals surface area contributed by atoms with E-state index in [0.717, 1.165) is 60.8 Å². The van der Waals surface area contributed by atoms with Crippen LogP contribution in [0.1, 0.15) is 34.1 Å². The second-order valence-corrected chi connectivity index (χ2v) is 8.79. The number of amides is 1. The predicted molar refractivity (Wildman–Crippen MR) is 117 cm³/mol. The zero-order chi connectivity index (χ0) is 19.6. The zero-order valence-corrected chi connectivity index (χ0v) is 17.2. The fourth-order valence-electron chi connectivity index (χ4n) is 4.33. The molecule has 0 N–H and O–H groups in total. The number of benzene rings is 2. The number of piperidine rings is 1. The van der Waals surface area contributed by atoms with Crippen LogP contribution in [-0.2, 0) is 4.74 Å². The van der Waals surface area contributed by atoms with Gasteiger partial charge in [0.1, 0.15) is 0 Å². The number of rotatable bonds is 3. The molecule has 2 fully saturated rings. The molecule has 3 heterocycles. The van der Waals surface area contributed by atoms with Crippen LogP contribution >= 0.6 is 11.3 Å². The standard InChI is InChI=1S/C23H25N3O2S/c27-23(18-7-1-3-9-20(18)25-12-14-28-15-13-25)26-11-5-6-17(16-26)22-24-19-8-2-4-10-21(19)29-22/h1-4,7-10,17H,5-6,11-16H2. The summed E-state index contributed by atoms with van der Waals surface area (Å²) in [4.78, 5) is 22.6. The van der Waals surface area contributed by atoms with E-state index in [-0.39, 0.29) is 5.91 Å². The van der Waals surface area contributed by atoms with Gasteiger partial charge in [0.05, 0.1) is 34.0 Å². The van der Waals surface area contributed by atoms with Gasteiger partial charge in [-0.15, -0.1) is 11.3 Å². The van der Waals surface area contributed by atoms with E-state index in [9.17, 15) is 4.79 Å². The first kappa shape index (κ1) is 18.6. The van der Waals surface area contributed by atoms with Crippen molar-refractivity contribution in [2.45, 2.75) is 18.8 Å². The summed E-state index contributed by atoms with van der Waals surface area (Å²) in [5.41, 5.74) is 2.90. The first-order chi connectivity index (χ1) is 14.3. The number of ether oxygens (including phenoxy) is 1. The lowest BCUT2D eigenvalue weighted by Crippen LogP contribution is -2.41. The predicted octanol–water partition coefficient (Wildman–Crippen LogP) is 4.15. The molecule has 2 saturated heterocycles. The second-order valence-electron chi connectivity index (χ2n) is 7.73. The number of para-hydroxylation sites is 2. The quantitative estimate of drug-likeness (QED) is 0.654. The molecule has 0 bridgehead atoms. The molecule has 1 aromatic heterocycles. The molecule has 5 nitrogen and oxygen atoms in total. The van der Waals surface area contributed by atoms with E-state index in [4.69, 9.17) is 9.72 Å². The molecular weight excluding hydrogens is 382 g/mol. The third kappa shape index (κ3) is 3.74. The van der Waals surface area contributed by atoms with Crippen molar-refractivity contribution >= 4 is 33.1 Å². The van der Waals surface area contributed by atoms with Crippen molar-refractivity contribution in [2.24, 2.45) is 0 Å². The molecule has 0 aliphatic carbocycles. The number of fused-ring (bicyclic) bond motifs is 1. The van der Waals surface area contributed by atoms with Crippen molar-refractivity contribution in [1.29, 1.82) is 0 Å². The molecule has 1 unspecified atom stereocenters. The molecule has 6 heteroatoms. The Kier molecular flexibility index (Phi) is 5.21. The summed E-state index contributed by atoms with van der Waals surface area (Å²) in [6, 6.07) is 16.3. The Morgan fingerprint density at radius 3 is 2.69 bits per heavy atom. The SMILES string of the molecule is O=C(c1ccccc1N1CCOCC1)N1CCCC(c2nc3ccccc3s2)C1. The largest absolute Gasteiger partial charge is 0.378 e. The van der Waals surface area contributed by atoms with Gasteiger partial charge in [0.25, 0.3) is 5.91 Å². The normalized spacial score (nSPS) is 20.2. The van der Waals surface area contributed by atoms with E-state index >= 15 is 0 Å². The molecular formula is C23H25N3O2S. The van der Waals surface area contributed by atoms with E-state index in [0.29, 0.717) is 19.1 Å². The highest BCUT2D eigenvalue weighted by Gasteiger charge is 2.29.